The van der Waals surface area contributed by atoms with E-state index in [9.17, 15) is 4.79 Å². The van der Waals surface area contributed by atoms with Gasteiger partial charge in [0.05, 0.1) is 17.2 Å². The van der Waals surface area contributed by atoms with Gasteiger partial charge in [-0.2, -0.15) is 0 Å². The number of pyridine rings is 1. The van der Waals surface area contributed by atoms with E-state index in [1.54, 1.807) is 13.3 Å². The van der Waals surface area contributed by atoms with Crippen LogP contribution in [0.5, 0.6) is 0 Å². The van der Waals surface area contributed by atoms with Gasteiger partial charge in [-0.05, 0) is 61.3 Å². The highest BCUT2D eigenvalue weighted by molar-refractivity contribution is 6.30. The van der Waals surface area contributed by atoms with Crippen molar-refractivity contribution in [3.05, 3.63) is 82.8 Å². The van der Waals surface area contributed by atoms with Crippen molar-refractivity contribution in [3.63, 3.8) is 0 Å². The molecular formula is C28H33ClN4O2. The number of fused-ring (bicyclic) bond motifs is 2. The highest BCUT2D eigenvalue weighted by Crippen LogP contribution is 2.52. The third kappa shape index (κ3) is 4.39. The number of carbonyl (C=O) groups is 1. The van der Waals surface area contributed by atoms with Gasteiger partial charge in [0.25, 0.3) is 0 Å². The Morgan fingerprint density at radius 1 is 1.17 bits per heavy atom. The van der Waals surface area contributed by atoms with Gasteiger partial charge in [0, 0.05) is 43.1 Å². The molecule has 3 aromatic rings. The topological polar surface area (TPSA) is 59.4 Å². The van der Waals surface area contributed by atoms with Crippen molar-refractivity contribution in [1.29, 1.82) is 0 Å². The Morgan fingerprint density at radius 3 is 2.63 bits per heavy atom. The van der Waals surface area contributed by atoms with Crippen LogP contribution in [0.4, 0.5) is 0 Å². The lowest BCUT2D eigenvalue weighted by molar-refractivity contribution is -0.126. The first kappa shape index (κ1) is 24.0. The molecule has 0 radical (unpaired) electrons. The number of amides is 1. The van der Waals surface area contributed by atoms with Crippen molar-refractivity contribution in [3.8, 4) is 5.82 Å². The van der Waals surface area contributed by atoms with E-state index < -0.39 is 0 Å². The van der Waals surface area contributed by atoms with E-state index in [4.69, 9.17) is 16.3 Å². The van der Waals surface area contributed by atoms with Crippen LogP contribution in [-0.2, 0) is 21.5 Å². The molecule has 2 aromatic heterocycles. The Balaban J connectivity index is 1.35. The molecule has 35 heavy (non-hydrogen) atoms. The van der Waals surface area contributed by atoms with Gasteiger partial charge in [-0.3, -0.25) is 9.69 Å². The molecule has 1 fully saturated rings. The molecule has 1 N–H and O–H groups in total. The maximum absolute atomic E-state index is 12.6. The fourth-order valence-corrected chi connectivity index (χ4v) is 5.98. The molecule has 1 spiro atoms. The summed E-state index contributed by atoms with van der Waals surface area (Å²) in [7, 11) is 1.78. The zero-order valence-electron chi connectivity index (χ0n) is 20.6. The molecule has 3 heterocycles. The van der Waals surface area contributed by atoms with E-state index in [2.05, 4.69) is 56.2 Å². The predicted molar refractivity (Wildman–Crippen MR) is 138 cm³/mol. The summed E-state index contributed by atoms with van der Waals surface area (Å²) in [6.45, 7) is 6.63. The quantitative estimate of drug-likeness (QED) is 0.531. The Hall–Kier alpha value is -2.67. The lowest BCUT2D eigenvalue weighted by Crippen LogP contribution is -2.50. The molecule has 0 saturated carbocycles. The number of carbonyl (C=O) groups excluding carboxylic acids is 1. The Bertz CT molecular complexity index is 1180. The summed E-state index contributed by atoms with van der Waals surface area (Å²) in [5, 5.41) is 3.92. The number of rotatable bonds is 6. The monoisotopic (exact) mass is 492 g/mol. The lowest BCUT2D eigenvalue weighted by Gasteiger charge is -2.44. The van der Waals surface area contributed by atoms with Gasteiger partial charge in [-0.15, -0.1) is 0 Å². The number of aromatic nitrogens is 2. The Kier molecular flexibility index (Phi) is 6.71. The number of halogens is 1. The minimum Gasteiger partial charge on any atom is -0.378 e. The number of ether oxygens (including phenoxy) is 1. The average molecular weight is 493 g/mol. The number of methoxy groups -OCH3 is 1. The number of hydrogen-bond donors (Lipinski definition) is 1. The van der Waals surface area contributed by atoms with Crippen molar-refractivity contribution in [2.75, 3.05) is 20.2 Å². The van der Waals surface area contributed by atoms with E-state index in [0.717, 1.165) is 38.3 Å². The van der Waals surface area contributed by atoms with Crippen molar-refractivity contribution in [2.45, 2.75) is 50.8 Å². The number of hydrogen-bond acceptors (Lipinski definition) is 4. The summed E-state index contributed by atoms with van der Waals surface area (Å²) in [5.74, 6) is 0.873. The molecule has 2 atom stereocenters. The molecule has 2 aliphatic rings. The van der Waals surface area contributed by atoms with Crippen LogP contribution in [0.2, 0.25) is 5.02 Å². The summed E-state index contributed by atoms with van der Waals surface area (Å²) in [4.78, 5) is 19.6. The molecule has 0 unspecified atom stereocenters. The van der Waals surface area contributed by atoms with Crippen molar-refractivity contribution >= 4 is 17.5 Å². The fraction of sp³-hybridized carbons (Fsp3) is 0.429. The Labute approximate surface area is 212 Å². The number of nitrogens with zero attached hydrogens (tertiary/aromatic N) is 3. The van der Waals surface area contributed by atoms with Crippen molar-refractivity contribution < 1.29 is 9.53 Å². The van der Waals surface area contributed by atoms with Crippen molar-refractivity contribution in [2.24, 2.45) is 5.92 Å². The zero-order valence-corrected chi connectivity index (χ0v) is 21.3. The first-order chi connectivity index (χ1) is 16.9. The molecule has 6 nitrogen and oxygen atoms in total. The molecule has 1 amide bonds. The maximum Gasteiger partial charge on any atom is 0.223 e. The van der Waals surface area contributed by atoms with Gasteiger partial charge in [0.1, 0.15) is 5.82 Å². The summed E-state index contributed by atoms with van der Waals surface area (Å²) < 4.78 is 8.28. The van der Waals surface area contributed by atoms with Gasteiger partial charge in [-0.25, -0.2) is 4.98 Å². The first-order valence-electron chi connectivity index (χ1n) is 12.4. The standard InChI is InChI=1S/C28H33ClN4O2/c1-19(2)27(34)31-25-22-8-4-5-9-23(22)28(26(25)35-3)12-15-32(16-13-28)18-21-7-6-14-33(21)24-11-10-20(29)17-30-24/h4-11,14,17,19,25-26H,12-13,15-16,18H2,1-3H3,(H,31,34)/t25-,26+/m1/s1. The predicted octanol–water partition coefficient (Wildman–Crippen LogP) is 4.90. The largest absolute Gasteiger partial charge is 0.378 e. The molecule has 7 heteroatoms. The van der Waals surface area contributed by atoms with Gasteiger partial charge >= 0.3 is 0 Å². The van der Waals surface area contributed by atoms with Crippen LogP contribution in [0.3, 0.4) is 0 Å². The highest BCUT2D eigenvalue weighted by atomic mass is 35.5. The van der Waals surface area contributed by atoms with Gasteiger partial charge in [0.2, 0.25) is 5.91 Å². The molecule has 184 valence electrons. The summed E-state index contributed by atoms with van der Waals surface area (Å²) in [6.07, 6.45) is 5.62. The Morgan fingerprint density at radius 2 is 1.94 bits per heavy atom. The summed E-state index contributed by atoms with van der Waals surface area (Å²) in [6, 6.07) is 16.5. The van der Waals surface area contributed by atoms with Crippen LogP contribution >= 0.6 is 11.6 Å². The van der Waals surface area contributed by atoms with Crippen LogP contribution in [0.25, 0.3) is 5.82 Å². The molecule has 1 saturated heterocycles. The molecule has 1 aliphatic carbocycles. The van der Waals surface area contributed by atoms with E-state index in [1.165, 1.54) is 16.8 Å². The molecule has 1 aliphatic heterocycles. The van der Waals surface area contributed by atoms with E-state index in [-0.39, 0.29) is 29.4 Å². The third-order valence-corrected chi connectivity index (χ3v) is 7.90. The fourth-order valence-electron chi connectivity index (χ4n) is 5.86. The zero-order chi connectivity index (χ0) is 24.6. The number of nitrogens with one attached hydrogen (secondary N) is 1. The lowest BCUT2D eigenvalue weighted by atomic mass is 9.72. The van der Waals surface area contributed by atoms with E-state index in [1.807, 2.05) is 32.2 Å². The molecule has 0 bridgehead atoms. The van der Waals surface area contributed by atoms with Crippen LogP contribution < -0.4 is 5.32 Å². The second kappa shape index (κ2) is 9.76. The second-order valence-electron chi connectivity index (χ2n) is 10.0. The van der Waals surface area contributed by atoms with Crippen LogP contribution in [0, 0.1) is 5.92 Å². The second-order valence-corrected chi connectivity index (χ2v) is 10.5. The molecular weight excluding hydrogens is 460 g/mol. The summed E-state index contributed by atoms with van der Waals surface area (Å²) in [5.41, 5.74) is 3.63. The molecule has 5 rings (SSSR count). The smallest absolute Gasteiger partial charge is 0.223 e. The minimum absolute atomic E-state index is 0.0653. The normalized spacial score (nSPS) is 21.4. The van der Waals surface area contributed by atoms with Gasteiger partial charge in [0.15, 0.2) is 0 Å². The number of piperidine rings is 1. The van der Waals surface area contributed by atoms with E-state index >= 15 is 0 Å². The van der Waals surface area contributed by atoms with Gasteiger partial charge < -0.3 is 14.6 Å². The average Bonchev–Trinajstić information content (AvgIpc) is 3.42. The van der Waals surface area contributed by atoms with Gasteiger partial charge in [-0.1, -0.05) is 49.7 Å². The number of likely N-dealkylation sites (tertiary alicyclic amines) is 1. The SMILES string of the molecule is CO[C@H]1[C@H](NC(=O)C(C)C)c2ccccc2C12CCN(Cc1cccn1-c1ccc(Cl)cn1)CC2. The third-order valence-electron chi connectivity index (χ3n) is 7.68. The number of benzene rings is 1. The van der Waals surface area contributed by atoms with Crippen LogP contribution in [-0.4, -0.2) is 46.7 Å². The van der Waals surface area contributed by atoms with Crippen molar-refractivity contribution in [1.82, 2.24) is 19.8 Å². The highest BCUT2D eigenvalue weighted by Gasteiger charge is 2.54. The maximum atomic E-state index is 12.6. The minimum atomic E-state index is -0.120. The van der Waals surface area contributed by atoms with E-state index in [0.29, 0.717) is 5.02 Å². The van der Waals surface area contributed by atoms with Crippen LogP contribution in [0.1, 0.15) is 49.6 Å². The summed E-state index contributed by atoms with van der Waals surface area (Å²) >= 11 is 6.03. The molecule has 1 aromatic carbocycles. The first-order valence-corrected chi connectivity index (χ1v) is 12.7. The van der Waals surface area contributed by atoms with Crippen LogP contribution in [0.15, 0.2) is 60.9 Å².